The molecule has 0 fully saturated rings. The molecule has 2 N–H and O–H groups in total. The zero-order valence-corrected chi connectivity index (χ0v) is 17.4. The van der Waals surface area contributed by atoms with Gasteiger partial charge in [-0.25, -0.2) is 4.79 Å². The molecule has 0 aromatic heterocycles. The van der Waals surface area contributed by atoms with Gasteiger partial charge in [-0.2, -0.15) is 0 Å². The number of quaternary nitrogens is 1. The number of likely N-dealkylation sites (N-methyl/N-ethyl adjacent to an activating group) is 1. The highest BCUT2D eigenvalue weighted by Gasteiger charge is 2.20. The zero-order valence-electron chi connectivity index (χ0n) is 17.4. The molecule has 0 bridgehead atoms. The maximum absolute atomic E-state index is 11.9. The summed E-state index contributed by atoms with van der Waals surface area (Å²) >= 11 is 0. The number of amides is 2. The van der Waals surface area contributed by atoms with Crippen molar-refractivity contribution in [2.75, 3.05) is 34.2 Å². The van der Waals surface area contributed by atoms with Crippen LogP contribution >= 0.6 is 0 Å². The van der Waals surface area contributed by atoms with Gasteiger partial charge in [-0.05, 0) is 6.42 Å². The molecule has 154 valence electrons. The van der Waals surface area contributed by atoms with Crippen molar-refractivity contribution < 1.29 is 19.2 Å². The fourth-order valence-electron chi connectivity index (χ4n) is 3.07. The quantitative estimate of drug-likeness (QED) is 0.323. The van der Waals surface area contributed by atoms with Crippen LogP contribution in [-0.4, -0.2) is 56.8 Å². The average molecular weight is 372 g/mol. The van der Waals surface area contributed by atoms with E-state index in [1.165, 1.54) is 51.4 Å². The Labute approximate surface area is 160 Å². The highest BCUT2D eigenvalue weighted by molar-refractivity contribution is 5.75. The molecule has 0 heterocycles. The molecule has 0 spiro atoms. The number of hydrogen-bond donors (Lipinski definition) is 2. The fraction of sp³-hybridized carbons (Fsp3) is 0.900. The van der Waals surface area contributed by atoms with Crippen LogP contribution in [0, 0.1) is 0 Å². The number of nitrogens with zero attached hydrogens (tertiary/aromatic N) is 1. The molecule has 6 heteroatoms. The summed E-state index contributed by atoms with van der Waals surface area (Å²) in [6, 6.07) is -0.715. The standard InChI is InChI=1S/C20H41N3O3/c1-5-6-7-8-9-10-11-12-13-14-15-21-20(26)22-18(16-19(24)25)17-23(2,3)4/h18H,5-17H2,1-4H3,(H2-,21,22,24,25,26)/t18-/m0/s1. The number of unbranched alkanes of at least 4 members (excludes halogenated alkanes) is 9. The van der Waals surface area contributed by atoms with E-state index in [-0.39, 0.29) is 12.5 Å². The molecule has 1 atom stereocenters. The van der Waals surface area contributed by atoms with Crippen LogP contribution in [0.3, 0.4) is 0 Å². The predicted molar refractivity (Wildman–Crippen MR) is 105 cm³/mol. The van der Waals surface area contributed by atoms with Crippen molar-refractivity contribution in [3.05, 3.63) is 0 Å². The molecule has 0 aliphatic rings. The summed E-state index contributed by atoms with van der Waals surface area (Å²) in [6.45, 7) is 3.41. The lowest BCUT2D eigenvalue weighted by Crippen LogP contribution is -2.53. The Morgan fingerprint density at radius 2 is 1.38 bits per heavy atom. The first-order valence-electron chi connectivity index (χ1n) is 10.3. The number of carboxylic acid groups (broad SMARTS) is 1. The van der Waals surface area contributed by atoms with Gasteiger partial charge < -0.3 is 25.0 Å². The van der Waals surface area contributed by atoms with Crippen molar-refractivity contribution in [1.82, 2.24) is 10.6 Å². The second-order valence-electron chi connectivity index (χ2n) is 8.33. The number of nitrogens with one attached hydrogen (secondary N) is 2. The Kier molecular flexibility index (Phi) is 14.1. The number of carbonyl (C=O) groups is 2. The first kappa shape index (κ1) is 24.7. The average Bonchev–Trinajstić information content (AvgIpc) is 2.50. The van der Waals surface area contributed by atoms with Crippen LogP contribution in [0.4, 0.5) is 4.79 Å². The van der Waals surface area contributed by atoms with Gasteiger partial charge in [0.15, 0.2) is 0 Å². The third-order valence-corrected chi connectivity index (χ3v) is 4.33. The highest BCUT2D eigenvalue weighted by Crippen LogP contribution is 2.10. The van der Waals surface area contributed by atoms with Gasteiger partial charge in [-0.1, -0.05) is 64.7 Å². The minimum absolute atomic E-state index is 0.165. The van der Waals surface area contributed by atoms with E-state index in [1.807, 2.05) is 21.1 Å². The summed E-state index contributed by atoms with van der Waals surface area (Å²) in [6.07, 6.45) is 12.4. The van der Waals surface area contributed by atoms with Gasteiger partial charge in [0, 0.05) is 18.9 Å². The summed E-state index contributed by atoms with van der Waals surface area (Å²) < 4.78 is 0.580. The Bertz CT molecular complexity index is 381. The highest BCUT2D eigenvalue weighted by atomic mass is 16.4. The van der Waals surface area contributed by atoms with E-state index < -0.39 is 12.0 Å². The Hall–Kier alpha value is -1.30. The SMILES string of the molecule is CCCCCCCCCCCCNC(=O)N[C@@H](CC(=O)[O-])C[N+](C)(C)C. The van der Waals surface area contributed by atoms with Crippen molar-refractivity contribution >= 4 is 12.0 Å². The van der Waals surface area contributed by atoms with Gasteiger partial charge in [-0.15, -0.1) is 0 Å². The normalized spacial score (nSPS) is 12.6. The van der Waals surface area contributed by atoms with Crippen molar-refractivity contribution in [2.45, 2.75) is 83.6 Å². The van der Waals surface area contributed by atoms with Crippen LogP contribution in [0.5, 0.6) is 0 Å². The molecule has 26 heavy (non-hydrogen) atoms. The zero-order chi connectivity index (χ0) is 19.8. The van der Waals surface area contributed by atoms with E-state index in [2.05, 4.69) is 17.6 Å². The van der Waals surface area contributed by atoms with E-state index in [0.29, 0.717) is 17.6 Å². The van der Waals surface area contributed by atoms with E-state index in [4.69, 9.17) is 0 Å². The predicted octanol–water partition coefficient (Wildman–Crippen LogP) is 2.42. The second kappa shape index (κ2) is 14.8. The van der Waals surface area contributed by atoms with Gasteiger partial charge in [0.05, 0.1) is 33.7 Å². The smallest absolute Gasteiger partial charge is 0.315 e. The van der Waals surface area contributed by atoms with Crippen molar-refractivity contribution in [1.29, 1.82) is 0 Å². The first-order valence-corrected chi connectivity index (χ1v) is 10.3. The summed E-state index contributed by atoms with van der Waals surface area (Å²) in [7, 11) is 5.89. The summed E-state index contributed by atoms with van der Waals surface area (Å²) in [5, 5.41) is 16.4. The van der Waals surface area contributed by atoms with Crippen molar-refractivity contribution in [3.8, 4) is 0 Å². The minimum atomic E-state index is -1.14. The fourth-order valence-corrected chi connectivity index (χ4v) is 3.07. The molecule has 0 saturated carbocycles. The Balaban J connectivity index is 3.72. The molecule has 0 saturated heterocycles. The van der Waals surface area contributed by atoms with Crippen molar-refractivity contribution in [2.24, 2.45) is 0 Å². The van der Waals surface area contributed by atoms with Crippen LogP contribution in [0.25, 0.3) is 0 Å². The second-order valence-corrected chi connectivity index (χ2v) is 8.33. The molecule has 0 radical (unpaired) electrons. The molecule has 0 rings (SSSR count). The molecule has 0 unspecified atom stereocenters. The minimum Gasteiger partial charge on any atom is -0.550 e. The lowest BCUT2D eigenvalue weighted by atomic mass is 10.1. The lowest BCUT2D eigenvalue weighted by Gasteiger charge is -2.30. The van der Waals surface area contributed by atoms with Crippen LogP contribution in [-0.2, 0) is 4.79 Å². The number of aliphatic carboxylic acids is 1. The van der Waals surface area contributed by atoms with E-state index >= 15 is 0 Å². The van der Waals surface area contributed by atoms with Crippen molar-refractivity contribution in [3.63, 3.8) is 0 Å². The molecule has 2 amide bonds. The third kappa shape index (κ3) is 17.5. The molecular weight excluding hydrogens is 330 g/mol. The number of carboxylic acids is 1. The van der Waals surface area contributed by atoms with E-state index in [1.54, 1.807) is 0 Å². The Morgan fingerprint density at radius 3 is 1.85 bits per heavy atom. The van der Waals surface area contributed by atoms with Crippen LogP contribution in [0.2, 0.25) is 0 Å². The summed E-state index contributed by atoms with van der Waals surface area (Å²) in [5.41, 5.74) is 0. The van der Waals surface area contributed by atoms with E-state index in [0.717, 1.165) is 12.8 Å². The molecule has 0 aliphatic heterocycles. The maximum atomic E-state index is 11.9. The van der Waals surface area contributed by atoms with Crippen LogP contribution < -0.4 is 15.7 Å². The third-order valence-electron chi connectivity index (χ3n) is 4.33. The van der Waals surface area contributed by atoms with Gasteiger partial charge >= 0.3 is 6.03 Å². The van der Waals surface area contributed by atoms with Gasteiger partial charge in [0.25, 0.3) is 0 Å². The number of carbonyl (C=O) groups excluding carboxylic acids is 2. The molecule has 6 nitrogen and oxygen atoms in total. The van der Waals surface area contributed by atoms with Gasteiger partial charge in [-0.3, -0.25) is 0 Å². The monoisotopic (exact) mass is 371 g/mol. The molecule has 0 aliphatic carbocycles. The molecule has 0 aromatic carbocycles. The van der Waals surface area contributed by atoms with Crippen LogP contribution in [0.15, 0.2) is 0 Å². The molecule has 0 aromatic rings. The van der Waals surface area contributed by atoms with Gasteiger partial charge in [0.1, 0.15) is 0 Å². The van der Waals surface area contributed by atoms with E-state index in [9.17, 15) is 14.7 Å². The number of hydrogen-bond acceptors (Lipinski definition) is 3. The number of rotatable bonds is 16. The molecular formula is C20H41N3O3. The number of urea groups is 1. The maximum Gasteiger partial charge on any atom is 0.315 e. The topological polar surface area (TPSA) is 81.3 Å². The lowest BCUT2D eigenvalue weighted by molar-refractivity contribution is -0.871. The first-order chi connectivity index (χ1) is 12.2. The summed E-state index contributed by atoms with van der Waals surface area (Å²) in [5.74, 6) is -1.14. The summed E-state index contributed by atoms with van der Waals surface area (Å²) in [4.78, 5) is 22.8. The largest absolute Gasteiger partial charge is 0.550 e. The van der Waals surface area contributed by atoms with Gasteiger partial charge in [0.2, 0.25) is 0 Å². The van der Waals surface area contributed by atoms with Crippen LogP contribution in [0.1, 0.15) is 77.6 Å². The Morgan fingerprint density at radius 1 is 0.885 bits per heavy atom.